The summed E-state index contributed by atoms with van der Waals surface area (Å²) in [7, 11) is 2.00. The molecule has 1 aliphatic carbocycles. The third-order valence-electron chi connectivity index (χ3n) is 4.30. The van der Waals surface area contributed by atoms with Gasteiger partial charge in [-0.05, 0) is 33.1 Å². The van der Waals surface area contributed by atoms with Gasteiger partial charge in [0.05, 0.1) is 0 Å². The van der Waals surface area contributed by atoms with Crippen LogP contribution in [-0.2, 0) is 6.42 Å². The first-order valence-electron chi connectivity index (χ1n) is 7.60. The van der Waals surface area contributed by atoms with Crippen LogP contribution in [0, 0.1) is 5.92 Å². The molecule has 3 nitrogen and oxygen atoms in total. The predicted octanol–water partition coefficient (Wildman–Crippen LogP) is 3.86. The molecule has 0 spiro atoms. The second-order valence-electron chi connectivity index (χ2n) is 6.90. The Bertz CT molecular complexity index is 498. The smallest absolute Gasteiger partial charge is 0.276 e. The van der Waals surface area contributed by atoms with Crippen molar-refractivity contribution in [2.75, 3.05) is 11.9 Å². The van der Waals surface area contributed by atoms with Crippen LogP contribution in [0.4, 0.5) is 5.13 Å². The van der Waals surface area contributed by atoms with Gasteiger partial charge in [-0.2, -0.15) is 4.98 Å². The molecular formula is C16H26N2OS. The molecule has 0 amide bonds. The Morgan fingerprint density at radius 2 is 1.95 bits per heavy atom. The van der Waals surface area contributed by atoms with E-state index in [1.807, 2.05) is 12.4 Å². The molecule has 0 bridgehead atoms. The topological polar surface area (TPSA) is 33.2 Å². The lowest BCUT2D eigenvalue weighted by Gasteiger charge is -2.32. The highest BCUT2D eigenvalue weighted by atomic mass is 32.1. The van der Waals surface area contributed by atoms with Crippen LogP contribution in [0.1, 0.15) is 58.4 Å². The molecule has 0 unspecified atom stereocenters. The lowest BCUT2D eigenvalue weighted by molar-refractivity contribution is 0.356. The number of rotatable bonds is 3. The molecule has 0 radical (unpaired) electrons. The van der Waals surface area contributed by atoms with Crippen molar-refractivity contribution < 1.29 is 0 Å². The third-order valence-corrected chi connectivity index (χ3v) is 5.28. The van der Waals surface area contributed by atoms with Crippen LogP contribution in [0.2, 0.25) is 0 Å². The van der Waals surface area contributed by atoms with Crippen LogP contribution in [-0.4, -0.2) is 17.6 Å². The van der Waals surface area contributed by atoms with Gasteiger partial charge >= 0.3 is 0 Å². The fourth-order valence-corrected chi connectivity index (χ4v) is 3.65. The number of hydrogen-bond donors (Lipinski definition) is 0. The van der Waals surface area contributed by atoms with Crippen molar-refractivity contribution in [1.29, 1.82) is 0 Å². The predicted molar refractivity (Wildman–Crippen MR) is 86.8 cm³/mol. The summed E-state index contributed by atoms with van der Waals surface area (Å²) < 4.78 is 0. The summed E-state index contributed by atoms with van der Waals surface area (Å²) in [6.45, 7) is 6.38. The zero-order valence-electron chi connectivity index (χ0n) is 13.1. The molecule has 0 N–H and O–H groups in total. The molecule has 4 heteroatoms. The maximum Gasteiger partial charge on any atom is 0.276 e. The van der Waals surface area contributed by atoms with Crippen molar-refractivity contribution in [3.8, 4) is 0 Å². The Morgan fingerprint density at radius 3 is 2.50 bits per heavy atom. The van der Waals surface area contributed by atoms with Crippen molar-refractivity contribution in [3.05, 3.63) is 21.3 Å². The van der Waals surface area contributed by atoms with E-state index in [9.17, 15) is 4.79 Å². The first-order chi connectivity index (χ1) is 9.38. The second kappa shape index (κ2) is 6.25. The average molecular weight is 294 g/mol. The Morgan fingerprint density at radius 1 is 1.30 bits per heavy atom. The Balaban J connectivity index is 2.11. The molecule has 1 aliphatic rings. The van der Waals surface area contributed by atoms with Gasteiger partial charge in [-0.25, -0.2) is 0 Å². The van der Waals surface area contributed by atoms with Gasteiger partial charge in [0.1, 0.15) is 0 Å². The molecule has 20 heavy (non-hydrogen) atoms. The van der Waals surface area contributed by atoms with Crippen molar-refractivity contribution in [1.82, 2.24) is 4.98 Å². The van der Waals surface area contributed by atoms with Gasteiger partial charge in [0, 0.05) is 23.5 Å². The van der Waals surface area contributed by atoms with Gasteiger partial charge in [-0.15, -0.1) is 11.3 Å². The highest BCUT2D eigenvalue weighted by Crippen LogP contribution is 2.27. The van der Waals surface area contributed by atoms with Gasteiger partial charge in [0.2, 0.25) is 0 Å². The molecule has 0 atom stereocenters. The molecule has 1 fully saturated rings. The van der Waals surface area contributed by atoms with E-state index in [2.05, 4.69) is 30.7 Å². The highest BCUT2D eigenvalue weighted by molar-refractivity contribution is 7.13. The summed E-state index contributed by atoms with van der Waals surface area (Å²) in [4.78, 5) is 18.6. The molecule has 112 valence electrons. The molecule has 1 aromatic heterocycles. The second-order valence-corrected chi connectivity index (χ2v) is 7.74. The van der Waals surface area contributed by atoms with E-state index in [1.165, 1.54) is 32.1 Å². The van der Waals surface area contributed by atoms with E-state index in [0.717, 1.165) is 17.1 Å². The molecule has 0 saturated heterocycles. The van der Waals surface area contributed by atoms with E-state index >= 15 is 0 Å². The summed E-state index contributed by atoms with van der Waals surface area (Å²) in [5.74, 6) is 0.691. The van der Waals surface area contributed by atoms with Crippen molar-refractivity contribution in [2.24, 2.45) is 5.92 Å². The average Bonchev–Trinajstić information content (AvgIpc) is 2.40. The molecule has 0 aromatic carbocycles. The number of aromatic nitrogens is 1. The Hall–Kier alpha value is -0.900. The van der Waals surface area contributed by atoms with Gasteiger partial charge in [-0.3, -0.25) is 4.79 Å². The van der Waals surface area contributed by atoms with Crippen LogP contribution in [0.5, 0.6) is 0 Å². The van der Waals surface area contributed by atoms with Crippen molar-refractivity contribution >= 4 is 16.5 Å². The van der Waals surface area contributed by atoms with Crippen LogP contribution < -0.4 is 10.5 Å². The summed E-state index contributed by atoms with van der Waals surface area (Å²) >= 11 is 1.59. The maximum absolute atomic E-state index is 12.2. The van der Waals surface area contributed by atoms with E-state index in [0.29, 0.717) is 5.92 Å². The van der Waals surface area contributed by atoms with Gasteiger partial charge in [-0.1, -0.05) is 32.1 Å². The standard InChI is InChI=1S/C16H26N2OS/c1-16(2,3)18(4)15-17-14(19)13(11-20-15)10-12-8-6-5-7-9-12/h11-12H,5-10H2,1-4H3. The summed E-state index contributed by atoms with van der Waals surface area (Å²) in [6, 6.07) is 0. The van der Waals surface area contributed by atoms with E-state index in [4.69, 9.17) is 0 Å². The van der Waals surface area contributed by atoms with Crippen molar-refractivity contribution in [3.63, 3.8) is 0 Å². The quantitative estimate of drug-likeness (QED) is 0.848. The SMILES string of the molecule is CN(c1nc(=O)c(CC2CCCCC2)cs1)C(C)(C)C. The number of anilines is 1. The fraction of sp³-hybridized carbons (Fsp3) is 0.750. The minimum Gasteiger partial charge on any atom is -0.346 e. The monoisotopic (exact) mass is 294 g/mol. The maximum atomic E-state index is 12.2. The summed E-state index contributed by atoms with van der Waals surface area (Å²) in [6.07, 6.45) is 7.46. The lowest BCUT2D eigenvalue weighted by Crippen LogP contribution is -2.39. The Kier molecular flexibility index (Phi) is 4.84. The summed E-state index contributed by atoms with van der Waals surface area (Å²) in [5, 5.41) is 2.84. The molecule has 1 saturated carbocycles. The zero-order valence-corrected chi connectivity index (χ0v) is 13.9. The van der Waals surface area contributed by atoms with Crippen LogP contribution >= 0.6 is 11.3 Å². The van der Waals surface area contributed by atoms with Gasteiger partial charge < -0.3 is 4.90 Å². The molecule has 1 aromatic rings. The number of hydrogen-bond acceptors (Lipinski definition) is 4. The lowest BCUT2D eigenvalue weighted by atomic mass is 9.85. The van der Waals surface area contributed by atoms with Crippen LogP contribution in [0.25, 0.3) is 0 Å². The van der Waals surface area contributed by atoms with Crippen LogP contribution in [0.3, 0.4) is 0 Å². The largest absolute Gasteiger partial charge is 0.346 e. The highest BCUT2D eigenvalue weighted by Gasteiger charge is 2.21. The number of nitrogens with zero attached hydrogens (tertiary/aromatic N) is 2. The Labute approximate surface area is 126 Å². The first kappa shape index (κ1) is 15.5. The zero-order chi connectivity index (χ0) is 14.8. The van der Waals surface area contributed by atoms with E-state index < -0.39 is 0 Å². The summed E-state index contributed by atoms with van der Waals surface area (Å²) in [5.41, 5.74) is 0.870. The third kappa shape index (κ3) is 3.81. The van der Waals surface area contributed by atoms with E-state index in [-0.39, 0.29) is 11.1 Å². The molecule has 1 heterocycles. The minimum atomic E-state index is -0.0274. The van der Waals surface area contributed by atoms with Gasteiger partial charge in [0.25, 0.3) is 5.56 Å². The molecular weight excluding hydrogens is 268 g/mol. The normalized spacial score (nSPS) is 17.2. The minimum absolute atomic E-state index is 0.0131. The fourth-order valence-electron chi connectivity index (χ4n) is 2.64. The van der Waals surface area contributed by atoms with Gasteiger partial charge in [0.15, 0.2) is 5.13 Å². The molecule has 0 aliphatic heterocycles. The molecule has 2 rings (SSSR count). The van der Waals surface area contributed by atoms with Crippen LogP contribution in [0.15, 0.2) is 10.2 Å². The van der Waals surface area contributed by atoms with Crippen molar-refractivity contribution in [2.45, 2.75) is 64.8 Å². The first-order valence-corrected chi connectivity index (χ1v) is 8.48. The van der Waals surface area contributed by atoms with E-state index in [1.54, 1.807) is 11.3 Å².